The third-order valence-corrected chi connectivity index (χ3v) is 6.09. The zero-order valence-electron chi connectivity index (χ0n) is 16.1. The van der Waals surface area contributed by atoms with Gasteiger partial charge in [0.25, 0.3) is 0 Å². The van der Waals surface area contributed by atoms with E-state index < -0.39 is 5.60 Å². The Kier molecular flexibility index (Phi) is 5.34. The highest BCUT2D eigenvalue weighted by atomic mass is 16.6. The first kappa shape index (κ1) is 18.3. The van der Waals surface area contributed by atoms with Crippen molar-refractivity contribution in [3.8, 4) is 0 Å². The molecule has 1 aliphatic carbocycles. The minimum absolute atomic E-state index is 0.326. The SMILES string of the molecule is CCCON=C1CCC(N2CCC3(CC2)OC(=O)Nc2ccccc23)CC1. The number of piperidine rings is 1. The third-order valence-electron chi connectivity index (χ3n) is 6.09. The fourth-order valence-corrected chi connectivity index (χ4v) is 4.60. The van der Waals surface area contributed by atoms with E-state index in [1.165, 1.54) is 5.71 Å². The van der Waals surface area contributed by atoms with Crippen molar-refractivity contribution in [2.45, 2.75) is 63.5 Å². The number of carbonyl (C=O) groups excluding carboxylic acids is 1. The van der Waals surface area contributed by atoms with Crippen molar-refractivity contribution in [1.82, 2.24) is 4.90 Å². The van der Waals surface area contributed by atoms with E-state index in [1.54, 1.807) is 0 Å². The normalized spacial score (nSPS) is 24.7. The van der Waals surface area contributed by atoms with E-state index in [2.05, 4.69) is 28.4 Å². The molecule has 1 spiro atoms. The summed E-state index contributed by atoms with van der Waals surface area (Å²) < 4.78 is 5.84. The minimum Gasteiger partial charge on any atom is -0.438 e. The second kappa shape index (κ2) is 7.89. The van der Waals surface area contributed by atoms with Gasteiger partial charge in [0, 0.05) is 37.5 Å². The summed E-state index contributed by atoms with van der Waals surface area (Å²) in [6.07, 6.45) is 6.71. The van der Waals surface area contributed by atoms with Crippen molar-refractivity contribution in [2.24, 2.45) is 5.16 Å². The summed E-state index contributed by atoms with van der Waals surface area (Å²) in [5.74, 6) is 0. The van der Waals surface area contributed by atoms with Gasteiger partial charge in [0.2, 0.25) is 0 Å². The third kappa shape index (κ3) is 3.81. The topological polar surface area (TPSA) is 63.2 Å². The van der Waals surface area contributed by atoms with Crippen molar-refractivity contribution in [1.29, 1.82) is 0 Å². The van der Waals surface area contributed by atoms with Crippen LogP contribution in [0, 0.1) is 0 Å². The lowest BCUT2D eigenvalue weighted by Gasteiger charge is -2.46. The smallest absolute Gasteiger partial charge is 0.412 e. The number of carbonyl (C=O) groups is 1. The van der Waals surface area contributed by atoms with E-state index in [-0.39, 0.29) is 6.09 Å². The summed E-state index contributed by atoms with van der Waals surface area (Å²) in [5.41, 5.74) is 2.75. The molecule has 4 rings (SSSR count). The maximum atomic E-state index is 12.1. The van der Waals surface area contributed by atoms with Gasteiger partial charge in [-0.2, -0.15) is 0 Å². The van der Waals surface area contributed by atoms with Crippen molar-refractivity contribution >= 4 is 17.5 Å². The molecule has 0 radical (unpaired) electrons. The van der Waals surface area contributed by atoms with E-state index in [1.807, 2.05) is 18.2 Å². The number of ether oxygens (including phenoxy) is 1. The largest absolute Gasteiger partial charge is 0.438 e. The van der Waals surface area contributed by atoms with Gasteiger partial charge in [-0.15, -0.1) is 0 Å². The monoisotopic (exact) mass is 371 g/mol. The molecule has 0 aromatic heterocycles. The standard InChI is InChI=1S/C21H29N3O3/c1-2-15-26-23-16-7-9-17(10-8-16)24-13-11-21(12-14-24)18-5-3-4-6-19(18)22-20(25)27-21/h3-6,17H,2,7-15H2,1H3,(H,22,25). The van der Waals surface area contributed by atoms with Crippen LogP contribution in [0.3, 0.4) is 0 Å². The number of anilines is 1. The molecule has 3 aliphatic rings. The number of benzene rings is 1. The Morgan fingerprint density at radius 1 is 1.26 bits per heavy atom. The fourth-order valence-electron chi connectivity index (χ4n) is 4.60. The number of amides is 1. The van der Waals surface area contributed by atoms with Gasteiger partial charge in [-0.3, -0.25) is 5.32 Å². The average Bonchev–Trinajstić information content (AvgIpc) is 2.69. The molecule has 146 valence electrons. The number of rotatable bonds is 4. The van der Waals surface area contributed by atoms with Gasteiger partial charge in [-0.05, 0) is 38.2 Å². The van der Waals surface area contributed by atoms with Crippen LogP contribution in [0.15, 0.2) is 29.4 Å². The Morgan fingerprint density at radius 2 is 2.00 bits per heavy atom. The van der Waals surface area contributed by atoms with Gasteiger partial charge in [-0.1, -0.05) is 30.3 Å². The maximum Gasteiger partial charge on any atom is 0.412 e. The van der Waals surface area contributed by atoms with E-state index in [9.17, 15) is 4.79 Å². The summed E-state index contributed by atoms with van der Waals surface area (Å²) in [6, 6.07) is 8.63. The van der Waals surface area contributed by atoms with Gasteiger partial charge in [0.05, 0.1) is 11.4 Å². The zero-order chi connectivity index (χ0) is 18.7. The van der Waals surface area contributed by atoms with E-state index >= 15 is 0 Å². The molecule has 2 fully saturated rings. The molecule has 6 nitrogen and oxygen atoms in total. The molecule has 2 heterocycles. The van der Waals surface area contributed by atoms with Crippen LogP contribution in [0.5, 0.6) is 0 Å². The van der Waals surface area contributed by atoms with Crippen LogP contribution in [0.2, 0.25) is 0 Å². The summed E-state index contributed by atoms with van der Waals surface area (Å²) >= 11 is 0. The lowest BCUT2D eigenvalue weighted by Crippen LogP contribution is -2.51. The number of nitrogens with zero attached hydrogens (tertiary/aromatic N) is 2. The minimum atomic E-state index is -0.468. The predicted octanol–water partition coefficient (Wildman–Crippen LogP) is 4.27. The van der Waals surface area contributed by atoms with Crippen LogP contribution in [-0.2, 0) is 15.2 Å². The zero-order valence-corrected chi connectivity index (χ0v) is 16.1. The van der Waals surface area contributed by atoms with Crippen LogP contribution in [-0.4, -0.2) is 42.4 Å². The van der Waals surface area contributed by atoms with Crippen molar-refractivity contribution in [3.05, 3.63) is 29.8 Å². The van der Waals surface area contributed by atoms with Crippen LogP contribution < -0.4 is 5.32 Å². The highest BCUT2D eigenvalue weighted by molar-refractivity contribution is 5.88. The number of hydrogen-bond acceptors (Lipinski definition) is 5. The second-order valence-electron chi connectivity index (χ2n) is 7.81. The van der Waals surface area contributed by atoms with E-state index in [0.717, 1.165) is 69.3 Å². The number of oxime groups is 1. The lowest BCUT2D eigenvalue weighted by molar-refractivity contribution is -0.0473. The Labute approximate surface area is 160 Å². The van der Waals surface area contributed by atoms with Crippen LogP contribution in [0.4, 0.5) is 10.5 Å². The molecule has 2 aliphatic heterocycles. The number of nitrogens with one attached hydrogen (secondary N) is 1. The molecule has 1 aromatic carbocycles. The molecule has 1 saturated carbocycles. The van der Waals surface area contributed by atoms with Crippen LogP contribution in [0.1, 0.15) is 57.4 Å². The Bertz CT molecular complexity index is 700. The van der Waals surface area contributed by atoms with Gasteiger partial charge in [0.1, 0.15) is 12.2 Å². The van der Waals surface area contributed by atoms with Gasteiger partial charge >= 0.3 is 6.09 Å². The fraction of sp³-hybridized carbons (Fsp3) is 0.619. The molecule has 1 N–H and O–H groups in total. The number of hydrogen-bond donors (Lipinski definition) is 1. The molecule has 0 bridgehead atoms. The van der Waals surface area contributed by atoms with Gasteiger partial charge < -0.3 is 14.5 Å². The first-order valence-corrected chi connectivity index (χ1v) is 10.2. The molecule has 0 unspecified atom stereocenters. The Morgan fingerprint density at radius 3 is 2.74 bits per heavy atom. The summed E-state index contributed by atoms with van der Waals surface area (Å²) in [6.45, 7) is 4.73. The molecule has 6 heteroatoms. The second-order valence-corrected chi connectivity index (χ2v) is 7.81. The summed E-state index contributed by atoms with van der Waals surface area (Å²) in [5, 5.41) is 7.12. The summed E-state index contributed by atoms with van der Waals surface area (Å²) in [7, 11) is 0. The van der Waals surface area contributed by atoms with Gasteiger partial charge in [0.15, 0.2) is 0 Å². The maximum absolute atomic E-state index is 12.1. The molecule has 0 atom stereocenters. The first-order valence-electron chi connectivity index (χ1n) is 10.2. The number of fused-ring (bicyclic) bond motifs is 2. The van der Waals surface area contributed by atoms with Crippen molar-refractivity contribution < 1.29 is 14.4 Å². The molecule has 27 heavy (non-hydrogen) atoms. The van der Waals surface area contributed by atoms with Crippen molar-refractivity contribution in [2.75, 3.05) is 25.0 Å². The molecular weight excluding hydrogens is 342 g/mol. The quantitative estimate of drug-likeness (QED) is 0.634. The van der Waals surface area contributed by atoms with E-state index in [4.69, 9.17) is 9.57 Å². The number of likely N-dealkylation sites (tertiary alicyclic amines) is 1. The molecular formula is C21H29N3O3. The predicted molar refractivity (Wildman–Crippen MR) is 105 cm³/mol. The average molecular weight is 371 g/mol. The number of para-hydroxylation sites is 1. The van der Waals surface area contributed by atoms with Crippen LogP contribution >= 0.6 is 0 Å². The Balaban J connectivity index is 1.36. The Hall–Kier alpha value is -2.08. The lowest BCUT2D eigenvalue weighted by atomic mass is 9.81. The highest BCUT2D eigenvalue weighted by Crippen LogP contribution is 2.44. The first-order chi connectivity index (χ1) is 13.2. The molecule has 1 saturated heterocycles. The van der Waals surface area contributed by atoms with Gasteiger partial charge in [-0.25, -0.2) is 4.79 Å². The van der Waals surface area contributed by atoms with Crippen LogP contribution in [0.25, 0.3) is 0 Å². The molecule has 1 aromatic rings. The van der Waals surface area contributed by atoms with E-state index in [0.29, 0.717) is 12.6 Å². The summed E-state index contributed by atoms with van der Waals surface area (Å²) in [4.78, 5) is 20.0. The van der Waals surface area contributed by atoms with Crippen molar-refractivity contribution in [3.63, 3.8) is 0 Å². The highest BCUT2D eigenvalue weighted by Gasteiger charge is 2.45. The molecule has 1 amide bonds.